The number of amides is 1. The van der Waals surface area contributed by atoms with Crippen molar-refractivity contribution in [1.82, 2.24) is 19.7 Å². The molecule has 0 spiro atoms. The molecule has 0 bridgehead atoms. The predicted octanol–water partition coefficient (Wildman–Crippen LogP) is 4.52. The molecule has 0 aliphatic carbocycles. The standard InChI is InChI=1S/C14H14BrF3N4OS/c1-3-21(4-2)13(23)22-8-10(15)12(20-22)24-11-9(14(16,17)18)6-5-7-19-11/h5-8H,3-4H2,1-2H3. The average Bonchev–Trinajstić information content (AvgIpc) is 2.89. The molecule has 10 heteroatoms. The summed E-state index contributed by atoms with van der Waals surface area (Å²) in [6.45, 7) is 4.68. The van der Waals surface area contributed by atoms with Gasteiger partial charge in [0.05, 0.1) is 16.2 Å². The Hall–Kier alpha value is -1.55. The molecule has 2 heterocycles. The number of alkyl halides is 3. The van der Waals surface area contributed by atoms with Crippen molar-refractivity contribution in [2.45, 2.75) is 30.1 Å². The zero-order valence-corrected chi connectivity index (χ0v) is 15.2. The van der Waals surface area contributed by atoms with Crippen LogP contribution < -0.4 is 0 Å². The van der Waals surface area contributed by atoms with E-state index in [4.69, 9.17) is 0 Å². The Labute approximate surface area is 149 Å². The second kappa shape index (κ2) is 7.56. The number of carbonyl (C=O) groups excluding carboxylic acids is 1. The molecule has 5 nitrogen and oxygen atoms in total. The molecule has 0 N–H and O–H groups in total. The summed E-state index contributed by atoms with van der Waals surface area (Å²) in [4.78, 5) is 17.6. The topological polar surface area (TPSA) is 51.0 Å². The van der Waals surface area contributed by atoms with Crippen LogP contribution in [0.5, 0.6) is 0 Å². The van der Waals surface area contributed by atoms with Gasteiger partial charge in [-0.2, -0.15) is 23.0 Å². The Bertz CT molecular complexity index is 731. The molecular weight excluding hydrogens is 409 g/mol. The van der Waals surface area contributed by atoms with Gasteiger partial charge in [-0.25, -0.2) is 9.78 Å². The highest BCUT2D eigenvalue weighted by molar-refractivity contribution is 9.10. The molecule has 0 unspecified atom stereocenters. The molecule has 0 aromatic carbocycles. The fourth-order valence-electron chi connectivity index (χ4n) is 1.92. The molecule has 0 fully saturated rings. The molecule has 1 amide bonds. The fraction of sp³-hybridized carbons (Fsp3) is 0.357. The molecule has 24 heavy (non-hydrogen) atoms. The van der Waals surface area contributed by atoms with Crippen molar-refractivity contribution in [3.63, 3.8) is 0 Å². The van der Waals surface area contributed by atoms with Gasteiger partial charge in [0.1, 0.15) is 10.1 Å². The Balaban J connectivity index is 2.32. The number of halogens is 4. The van der Waals surface area contributed by atoms with Crippen molar-refractivity contribution in [3.8, 4) is 0 Å². The zero-order valence-electron chi connectivity index (χ0n) is 12.8. The number of carbonyl (C=O) groups is 1. The third-order valence-corrected chi connectivity index (χ3v) is 4.99. The minimum atomic E-state index is -4.51. The molecule has 2 aromatic rings. The maximum Gasteiger partial charge on any atom is 0.419 e. The van der Waals surface area contributed by atoms with Crippen molar-refractivity contribution in [3.05, 3.63) is 34.6 Å². The maximum absolute atomic E-state index is 13.0. The quantitative estimate of drug-likeness (QED) is 0.726. The SMILES string of the molecule is CCN(CC)C(=O)n1cc(Br)c(Sc2ncccc2C(F)(F)F)n1. The van der Waals surface area contributed by atoms with Gasteiger partial charge in [0.2, 0.25) is 0 Å². The summed E-state index contributed by atoms with van der Waals surface area (Å²) < 4.78 is 40.6. The predicted molar refractivity (Wildman–Crippen MR) is 87.0 cm³/mol. The Kier molecular flexibility index (Phi) is 5.92. The van der Waals surface area contributed by atoms with E-state index in [9.17, 15) is 18.0 Å². The lowest BCUT2D eigenvalue weighted by Crippen LogP contribution is -2.34. The van der Waals surface area contributed by atoms with Gasteiger partial charge in [0.15, 0.2) is 0 Å². The number of rotatable bonds is 4. The van der Waals surface area contributed by atoms with Crippen LogP contribution in [0.3, 0.4) is 0 Å². The molecule has 0 saturated carbocycles. The molecule has 130 valence electrons. The minimum absolute atomic E-state index is 0.216. The van der Waals surface area contributed by atoms with Crippen molar-refractivity contribution in [1.29, 1.82) is 0 Å². The van der Waals surface area contributed by atoms with E-state index >= 15 is 0 Å². The second-order valence-electron chi connectivity index (χ2n) is 4.64. The van der Waals surface area contributed by atoms with Gasteiger partial charge in [0.25, 0.3) is 0 Å². The summed E-state index contributed by atoms with van der Waals surface area (Å²) in [5.74, 6) is 0. The third-order valence-electron chi connectivity index (χ3n) is 3.14. The van der Waals surface area contributed by atoms with Gasteiger partial charge in [-0.15, -0.1) is 0 Å². The normalized spacial score (nSPS) is 11.6. The van der Waals surface area contributed by atoms with Crippen LogP contribution in [0.2, 0.25) is 0 Å². The van der Waals surface area contributed by atoms with Crippen LogP contribution in [0, 0.1) is 0 Å². The van der Waals surface area contributed by atoms with Gasteiger partial charge in [-0.05, 0) is 53.7 Å². The molecule has 2 aromatic heterocycles. The van der Waals surface area contributed by atoms with Gasteiger partial charge in [-0.1, -0.05) is 0 Å². The van der Waals surface area contributed by atoms with Crippen LogP contribution in [0.1, 0.15) is 19.4 Å². The van der Waals surface area contributed by atoms with Crippen molar-refractivity contribution in [2.24, 2.45) is 0 Å². The molecule has 0 radical (unpaired) electrons. The monoisotopic (exact) mass is 422 g/mol. The van der Waals surface area contributed by atoms with E-state index in [1.807, 2.05) is 13.8 Å². The van der Waals surface area contributed by atoms with Gasteiger partial charge < -0.3 is 4.90 Å². The van der Waals surface area contributed by atoms with E-state index in [2.05, 4.69) is 26.0 Å². The molecule has 0 saturated heterocycles. The lowest BCUT2D eigenvalue weighted by atomic mass is 10.3. The number of nitrogens with zero attached hydrogens (tertiary/aromatic N) is 4. The van der Waals surface area contributed by atoms with Gasteiger partial charge >= 0.3 is 12.2 Å². The number of aromatic nitrogens is 3. The lowest BCUT2D eigenvalue weighted by Gasteiger charge is -2.17. The van der Waals surface area contributed by atoms with Crippen LogP contribution in [0.25, 0.3) is 0 Å². The van der Waals surface area contributed by atoms with E-state index in [1.165, 1.54) is 18.5 Å². The Morgan fingerprint density at radius 2 is 2.00 bits per heavy atom. The Morgan fingerprint density at radius 1 is 1.33 bits per heavy atom. The van der Waals surface area contributed by atoms with Crippen LogP contribution in [0.4, 0.5) is 18.0 Å². The summed E-state index contributed by atoms with van der Waals surface area (Å²) >= 11 is 3.98. The van der Waals surface area contributed by atoms with Crippen molar-refractivity contribution >= 4 is 33.7 Å². The van der Waals surface area contributed by atoms with Crippen LogP contribution in [0.15, 0.2) is 39.1 Å². The first-order chi connectivity index (χ1) is 11.3. The van der Waals surface area contributed by atoms with E-state index < -0.39 is 11.7 Å². The summed E-state index contributed by atoms with van der Waals surface area (Å²) in [6.07, 6.45) is -1.80. The molecular formula is C14H14BrF3N4OS. The highest BCUT2D eigenvalue weighted by Gasteiger charge is 2.34. The summed E-state index contributed by atoms with van der Waals surface area (Å²) in [5.41, 5.74) is -0.841. The molecule has 0 aliphatic rings. The van der Waals surface area contributed by atoms with Gasteiger partial charge in [-0.3, -0.25) is 0 Å². The van der Waals surface area contributed by atoms with E-state index in [0.29, 0.717) is 17.6 Å². The average molecular weight is 423 g/mol. The number of hydrogen-bond donors (Lipinski definition) is 0. The summed E-state index contributed by atoms with van der Waals surface area (Å²) in [5, 5.41) is 4.10. The largest absolute Gasteiger partial charge is 0.419 e. The van der Waals surface area contributed by atoms with E-state index in [1.54, 1.807) is 4.90 Å². The second-order valence-corrected chi connectivity index (χ2v) is 6.47. The molecule has 0 aliphatic heterocycles. The van der Waals surface area contributed by atoms with E-state index in [-0.39, 0.29) is 16.1 Å². The number of pyridine rings is 1. The minimum Gasteiger partial charge on any atom is -0.323 e. The van der Waals surface area contributed by atoms with Crippen molar-refractivity contribution < 1.29 is 18.0 Å². The first kappa shape index (κ1) is 18.8. The van der Waals surface area contributed by atoms with Crippen LogP contribution in [-0.4, -0.2) is 38.8 Å². The van der Waals surface area contributed by atoms with Crippen LogP contribution in [-0.2, 0) is 6.18 Å². The maximum atomic E-state index is 13.0. The molecule has 2 rings (SSSR count). The third kappa shape index (κ3) is 4.10. The molecule has 0 atom stereocenters. The lowest BCUT2D eigenvalue weighted by molar-refractivity contribution is -0.140. The number of hydrogen-bond acceptors (Lipinski definition) is 4. The first-order valence-electron chi connectivity index (χ1n) is 7.02. The van der Waals surface area contributed by atoms with Gasteiger partial charge in [0, 0.05) is 19.3 Å². The first-order valence-corrected chi connectivity index (χ1v) is 8.63. The summed E-state index contributed by atoms with van der Waals surface area (Å²) in [6, 6.07) is 1.84. The Morgan fingerprint density at radius 3 is 2.58 bits per heavy atom. The highest BCUT2D eigenvalue weighted by atomic mass is 79.9. The smallest absolute Gasteiger partial charge is 0.323 e. The van der Waals surface area contributed by atoms with Crippen molar-refractivity contribution in [2.75, 3.05) is 13.1 Å². The zero-order chi connectivity index (χ0) is 17.9. The highest BCUT2D eigenvalue weighted by Crippen LogP contribution is 2.39. The fourth-order valence-corrected chi connectivity index (χ4v) is 3.31. The summed E-state index contributed by atoms with van der Waals surface area (Å²) in [7, 11) is 0. The van der Waals surface area contributed by atoms with E-state index in [0.717, 1.165) is 22.5 Å². The van der Waals surface area contributed by atoms with Crippen LogP contribution >= 0.6 is 27.7 Å².